The van der Waals surface area contributed by atoms with Crippen LogP contribution in [0.2, 0.25) is 0 Å². The van der Waals surface area contributed by atoms with Gasteiger partial charge in [-0.25, -0.2) is 0 Å². The van der Waals surface area contributed by atoms with E-state index in [0.717, 1.165) is 6.42 Å². The molecule has 4 heterocycles. The van der Waals surface area contributed by atoms with Gasteiger partial charge in [-0.05, 0) is 91.8 Å². The number of benzene rings is 6. The van der Waals surface area contributed by atoms with Crippen LogP contribution in [0, 0.1) is 0 Å². The highest BCUT2D eigenvalue weighted by atomic mass is 32.2. The summed E-state index contributed by atoms with van der Waals surface area (Å²) in [6.07, 6.45) is 0.982. The van der Waals surface area contributed by atoms with Crippen molar-refractivity contribution in [2.45, 2.75) is 22.1 Å². The fourth-order valence-corrected chi connectivity index (χ4v) is 13.1. The van der Waals surface area contributed by atoms with Crippen molar-refractivity contribution in [3.63, 3.8) is 0 Å². The predicted molar refractivity (Wildman–Crippen MR) is 225 cm³/mol. The van der Waals surface area contributed by atoms with E-state index in [1.165, 1.54) is 93.8 Å². The number of fused-ring (bicyclic) bond motifs is 6. The third-order valence-corrected chi connectivity index (χ3v) is 15.6. The maximum atomic E-state index is 2.41. The van der Waals surface area contributed by atoms with Gasteiger partial charge in [-0.1, -0.05) is 156 Å². The molecule has 1 unspecified atom stereocenters. The van der Waals surface area contributed by atoms with Gasteiger partial charge >= 0.3 is 0 Å². The lowest BCUT2D eigenvalue weighted by molar-refractivity contribution is 0.847. The summed E-state index contributed by atoms with van der Waals surface area (Å²) >= 11 is 7.76. The van der Waals surface area contributed by atoms with E-state index in [1.54, 1.807) is 0 Å². The predicted octanol–water partition coefficient (Wildman–Crippen LogP) is 12.7. The SMILES string of the molecule is c1ccc2c(c1)SC1=C(c3ccc(-c4cc5ccccc5s4)cc3)CC(c3ccc(-c4cc5ccccc5s4)cc3)C3=C1B2c1ccccc1S3. The molecule has 11 rings (SSSR count). The zero-order valence-corrected chi connectivity index (χ0v) is 30.8. The van der Waals surface area contributed by atoms with E-state index >= 15 is 0 Å². The lowest BCUT2D eigenvalue weighted by atomic mass is 9.35. The molecule has 0 saturated heterocycles. The highest BCUT2D eigenvalue weighted by Gasteiger charge is 2.45. The van der Waals surface area contributed by atoms with Crippen molar-refractivity contribution >= 4 is 89.6 Å². The van der Waals surface area contributed by atoms with Gasteiger partial charge in [0.1, 0.15) is 0 Å². The monoisotopic (exact) mass is 720 g/mol. The maximum absolute atomic E-state index is 2.41. The zero-order chi connectivity index (χ0) is 33.5. The lowest BCUT2D eigenvalue weighted by Gasteiger charge is -2.41. The number of rotatable bonds is 4. The van der Waals surface area contributed by atoms with Crippen LogP contribution in [-0.2, 0) is 0 Å². The average Bonchev–Trinajstić information content (AvgIpc) is 3.83. The van der Waals surface area contributed by atoms with E-state index in [2.05, 4.69) is 158 Å². The third-order valence-electron chi connectivity index (χ3n) is 10.7. The van der Waals surface area contributed by atoms with E-state index in [0.29, 0.717) is 0 Å². The van der Waals surface area contributed by atoms with Crippen molar-refractivity contribution in [2.24, 2.45) is 0 Å². The lowest BCUT2D eigenvalue weighted by Crippen LogP contribution is -2.51. The maximum Gasteiger partial charge on any atom is 0.246 e. The van der Waals surface area contributed by atoms with Gasteiger partial charge < -0.3 is 0 Å². The van der Waals surface area contributed by atoms with E-state index < -0.39 is 0 Å². The molecule has 0 bridgehead atoms. The first-order chi connectivity index (χ1) is 25.2. The minimum atomic E-state index is 0.235. The minimum Gasteiger partial charge on any atom is -0.135 e. The van der Waals surface area contributed by atoms with Gasteiger partial charge in [0.05, 0.1) is 0 Å². The Labute approximate surface area is 314 Å². The van der Waals surface area contributed by atoms with Gasteiger partial charge in [0.25, 0.3) is 0 Å². The van der Waals surface area contributed by atoms with E-state index in [1.807, 2.05) is 46.2 Å². The molecule has 3 aliphatic rings. The van der Waals surface area contributed by atoms with E-state index in [9.17, 15) is 0 Å². The molecule has 0 N–H and O–H groups in total. The molecule has 1 aliphatic carbocycles. The zero-order valence-electron chi connectivity index (χ0n) is 27.5. The van der Waals surface area contributed by atoms with E-state index in [4.69, 9.17) is 0 Å². The Hall–Kier alpha value is -4.52. The number of hydrogen-bond acceptors (Lipinski definition) is 4. The fourth-order valence-electron chi connectivity index (χ4n) is 8.18. The van der Waals surface area contributed by atoms with Crippen LogP contribution in [-0.4, -0.2) is 6.71 Å². The van der Waals surface area contributed by atoms with Crippen molar-refractivity contribution in [3.05, 3.63) is 184 Å². The van der Waals surface area contributed by atoms with E-state index in [-0.39, 0.29) is 12.6 Å². The molecule has 0 radical (unpaired) electrons. The molecule has 2 aliphatic heterocycles. The first-order valence-corrected chi connectivity index (χ1v) is 20.7. The fraction of sp³-hybridized carbons (Fsp3) is 0.0435. The normalized spacial score (nSPS) is 16.4. The van der Waals surface area contributed by atoms with Crippen LogP contribution < -0.4 is 10.9 Å². The summed E-state index contributed by atoms with van der Waals surface area (Å²) in [7, 11) is 0. The van der Waals surface area contributed by atoms with Crippen LogP contribution >= 0.6 is 46.2 Å². The highest BCUT2D eigenvalue weighted by molar-refractivity contribution is 8.05. The summed E-state index contributed by atoms with van der Waals surface area (Å²) in [6.45, 7) is 0.235. The summed E-state index contributed by atoms with van der Waals surface area (Å²) in [5, 5.41) is 2.64. The Balaban J connectivity index is 1.06. The topological polar surface area (TPSA) is 0 Å². The Bertz CT molecular complexity index is 2660. The summed E-state index contributed by atoms with van der Waals surface area (Å²) in [5.41, 5.74) is 11.2. The molecule has 2 aromatic heterocycles. The average molecular weight is 721 g/mol. The number of hydrogen-bond donors (Lipinski definition) is 0. The molecule has 8 aromatic rings. The molecule has 1 atom stereocenters. The largest absolute Gasteiger partial charge is 0.246 e. The van der Waals surface area contributed by atoms with Gasteiger partial charge in [-0.3, -0.25) is 0 Å². The molecule has 0 nitrogen and oxygen atoms in total. The minimum absolute atomic E-state index is 0.235. The molecular formula is C46H29BS4. The van der Waals surface area contributed by atoms with Gasteiger partial charge in [-0.15, -0.1) is 22.7 Å². The molecule has 5 heteroatoms. The first kappa shape index (κ1) is 30.1. The summed E-state index contributed by atoms with van der Waals surface area (Å²) < 4.78 is 2.68. The van der Waals surface area contributed by atoms with Crippen molar-refractivity contribution in [3.8, 4) is 20.9 Å². The quantitative estimate of drug-likeness (QED) is 0.166. The highest BCUT2D eigenvalue weighted by Crippen LogP contribution is 2.57. The smallest absolute Gasteiger partial charge is 0.135 e. The van der Waals surface area contributed by atoms with Crippen molar-refractivity contribution in [1.29, 1.82) is 0 Å². The second-order valence-electron chi connectivity index (χ2n) is 13.6. The Morgan fingerprint density at radius 3 is 1.61 bits per heavy atom. The van der Waals surface area contributed by atoms with Crippen LogP contribution in [0.4, 0.5) is 0 Å². The second-order valence-corrected chi connectivity index (χ2v) is 17.9. The standard InChI is InChI=1S/C46H29BS4/c1-5-13-38-32(9-1)25-42(48-38)30-21-17-28(18-22-30)34-27-35(29-19-23-31(24-20-29)43-26-33-10-2-6-14-39(33)49-43)46-44-45(34)50-40-15-7-3-11-36(40)47(44)37-12-4-8-16-41(37)51-46/h1-26,34H,27H2. The molecule has 0 fully saturated rings. The summed E-state index contributed by atoms with van der Waals surface area (Å²) in [4.78, 5) is 8.42. The number of thiophene rings is 2. The molecule has 51 heavy (non-hydrogen) atoms. The summed E-state index contributed by atoms with van der Waals surface area (Å²) in [6, 6.07) is 59.3. The molecule has 240 valence electrons. The molecule has 0 spiro atoms. The Morgan fingerprint density at radius 2 is 1.00 bits per heavy atom. The van der Waals surface area contributed by atoms with Gasteiger partial charge in [0.2, 0.25) is 6.71 Å². The van der Waals surface area contributed by atoms with Crippen LogP contribution in [0.25, 0.3) is 46.6 Å². The molecule has 0 saturated carbocycles. The van der Waals surface area contributed by atoms with Crippen molar-refractivity contribution < 1.29 is 0 Å². The van der Waals surface area contributed by atoms with Crippen LogP contribution in [0.3, 0.4) is 0 Å². The second kappa shape index (κ2) is 12.0. The number of thioether (sulfide) groups is 2. The van der Waals surface area contributed by atoms with Gasteiger partial charge in [0.15, 0.2) is 0 Å². The van der Waals surface area contributed by atoms with Crippen molar-refractivity contribution in [2.75, 3.05) is 0 Å². The number of allylic oxidation sites excluding steroid dienone is 3. The Morgan fingerprint density at radius 1 is 0.490 bits per heavy atom. The van der Waals surface area contributed by atoms with Crippen LogP contribution in [0.5, 0.6) is 0 Å². The van der Waals surface area contributed by atoms with Gasteiger partial charge in [-0.2, -0.15) is 0 Å². The molecule has 6 aromatic carbocycles. The molecular weight excluding hydrogens is 692 g/mol. The first-order valence-electron chi connectivity index (χ1n) is 17.4. The molecule has 0 amide bonds. The van der Waals surface area contributed by atoms with Crippen LogP contribution in [0.1, 0.15) is 23.5 Å². The Kier molecular flexibility index (Phi) is 7.11. The summed E-state index contributed by atoms with van der Waals surface area (Å²) in [5.74, 6) is 0.282. The van der Waals surface area contributed by atoms with Gasteiger partial charge in [0, 0.05) is 39.8 Å². The third kappa shape index (κ3) is 4.98. The van der Waals surface area contributed by atoms with Crippen LogP contribution in [0.15, 0.2) is 183 Å². The van der Waals surface area contributed by atoms with Crippen molar-refractivity contribution in [1.82, 2.24) is 0 Å².